The summed E-state index contributed by atoms with van der Waals surface area (Å²) in [6.45, 7) is 10.8. The Kier molecular flexibility index (Phi) is 9.04. The van der Waals surface area contributed by atoms with Gasteiger partial charge in [0.1, 0.15) is 27.9 Å². The fourth-order valence-electron chi connectivity index (χ4n) is 1.93. The molecule has 8 heteroatoms. The summed E-state index contributed by atoms with van der Waals surface area (Å²) in [7, 11) is -0.566. The molecule has 0 spiro atoms. The van der Waals surface area contributed by atoms with Gasteiger partial charge in [-0.1, -0.05) is 6.08 Å². The van der Waals surface area contributed by atoms with Crippen molar-refractivity contribution in [2.45, 2.75) is 44.7 Å². The zero-order valence-electron chi connectivity index (χ0n) is 16.2. The van der Waals surface area contributed by atoms with Crippen molar-refractivity contribution in [3.8, 4) is 0 Å². The van der Waals surface area contributed by atoms with Crippen LogP contribution in [-0.4, -0.2) is 50.0 Å². The molecule has 2 atom stereocenters. The highest BCUT2D eigenvalue weighted by molar-refractivity contribution is 9.10. The van der Waals surface area contributed by atoms with Gasteiger partial charge in [-0.05, 0) is 61.9 Å². The van der Waals surface area contributed by atoms with Gasteiger partial charge < -0.3 is 13.9 Å². The number of rotatable bonds is 10. The number of ether oxygens (including phenoxy) is 1. The Bertz CT molecular complexity index is 553. The predicted octanol–water partition coefficient (Wildman–Crippen LogP) is 3.98. The molecule has 0 bridgehead atoms. The molecule has 146 valence electrons. The minimum absolute atomic E-state index is 0.180. The second-order valence-corrected chi connectivity index (χ2v) is 15.2. The molecule has 0 saturated carbocycles. The molecule has 1 unspecified atom stereocenters. The molecule has 0 aliphatic heterocycles. The second-order valence-electron chi connectivity index (χ2n) is 7.80. The topological polar surface area (TPSA) is 62.1 Å². The van der Waals surface area contributed by atoms with Crippen LogP contribution in [-0.2, 0) is 22.8 Å². The quantitative estimate of drug-likeness (QED) is 0.330. The zero-order valence-corrected chi connectivity index (χ0v) is 19.4. The van der Waals surface area contributed by atoms with Crippen molar-refractivity contribution in [1.82, 2.24) is 14.3 Å². The highest BCUT2D eigenvalue weighted by Crippen LogP contribution is 2.33. The first kappa shape index (κ1) is 23.0. The highest BCUT2D eigenvalue weighted by atomic mass is 79.9. The van der Waals surface area contributed by atoms with E-state index >= 15 is 0 Å². The summed E-state index contributed by atoms with van der Waals surface area (Å²) in [6.07, 6.45) is 11.2. The standard InChI is InChI=1S/C17H32BrN3O2S2/c1-8-9-14(20-24(22)17(2,3)4)16-19-15(18)12-21(16)13-23-10-11-25(5,6)7/h8,12,14,20H,1,9-11,13H2,2-7H3/t14-,24?/m0/s1. The van der Waals surface area contributed by atoms with E-state index in [1.165, 1.54) is 0 Å². The van der Waals surface area contributed by atoms with Gasteiger partial charge in [-0.3, -0.25) is 0 Å². The number of nitrogens with zero attached hydrogens (tertiary/aromatic N) is 2. The zero-order chi connectivity index (χ0) is 19.3. The minimum atomic E-state index is -1.19. The first-order valence-corrected chi connectivity index (χ1v) is 13.2. The SMILES string of the molecule is C=CC[C@H](N[S+]([O-])C(C)(C)C)c1nc(Br)cn1COCCS(C)(C)C. The molecule has 1 heterocycles. The van der Waals surface area contributed by atoms with E-state index < -0.39 is 21.4 Å². The lowest BCUT2D eigenvalue weighted by Crippen LogP contribution is -2.41. The average molecular weight is 455 g/mol. The monoisotopic (exact) mass is 453 g/mol. The fourth-order valence-corrected chi connectivity index (χ4v) is 3.79. The summed E-state index contributed by atoms with van der Waals surface area (Å²) < 4.78 is 23.9. The van der Waals surface area contributed by atoms with Crippen LogP contribution in [0.5, 0.6) is 0 Å². The Morgan fingerprint density at radius 3 is 2.64 bits per heavy atom. The average Bonchev–Trinajstić information content (AvgIpc) is 2.82. The molecule has 0 aromatic carbocycles. The van der Waals surface area contributed by atoms with E-state index in [9.17, 15) is 4.55 Å². The molecule has 25 heavy (non-hydrogen) atoms. The first-order valence-electron chi connectivity index (χ1n) is 8.19. The van der Waals surface area contributed by atoms with Gasteiger partial charge in [0.25, 0.3) is 0 Å². The van der Waals surface area contributed by atoms with E-state index in [0.717, 1.165) is 22.8 Å². The van der Waals surface area contributed by atoms with Gasteiger partial charge in [0.05, 0.1) is 6.61 Å². The minimum Gasteiger partial charge on any atom is -0.598 e. The maximum atomic E-state index is 12.5. The smallest absolute Gasteiger partial charge is 0.136 e. The van der Waals surface area contributed by atoms with Gasteiger partial charge in [0.2, 0.25) is 0 Å². The van der Waals surface area contributed by atoms with E-state index in [1.807, 2.05) is 37.6 Å². The van der Waals surface area contributed by atoms with Crippen LogP contribution in [0.25, 0.3) is 0 Å². The molecular weight excluding hydrogens is 422 g/mol. The van der Waals surface area contributed by atoms with Crippen LogP contribution in [0.3, 0.4) is 0 Å². The predicted molar refractivity (Wildman–Crippen MR) is 115 cm³/mol. The molecule has 1 aromatic heterocycles. The number of aromatic nitrogens is 2. The van der Waals surface area contributed by atoms with Crippen LogP contribution >= 0.6 is 26.0 Å². The van der Waals surface area contributed by atoms with Crippen molar-refractivity contribution in [3.63, 3.8) is 0 Å². The maximum absolute atomic E-state index is 12.5. The van der Waals surface area contributed by atoms with Crippen LogP contribution in [0.1, 0.15) is 39.1 Å². The van der Waals surface area contributed by atoms with Crippen molar-refractivity contribution in [3.05, 3.63) is 29.3 Å². The maximum Gasteiger partial charge on any atom is 0.136 e. The number of nitrogens with one attached hydrogen (secondary N) is 1. The van der Waals surface area contributed by atoms with E-state index in [1.54, 1.807) is 0 Å². The molecule has 1 aromatic rings. The molecule has 0 fully saturated rings. The van der Waals surface area contributed by atoms with Gasteiger partial charge in [0.15, 0.2) is 0 Å². The Morgan fingerprint density at radius 1 is 1.48 bits per heavy atom. The summed E-state index contributed by atoms with van der Waals surface area (Å²) in [4.78, 5) is 4.55. The van der Waals surface area contributed by atoms with Crippen molar-refractivity contribution < 1.29 is 9.29 Å². The van der Waals surface area contributed by atoms with Crippen molar-refractivity contribution in [2.24, 2.45) is 0 Å². The fraction of sp³-hybridized carbons (Fsp3) is 0.706. The van der Waals surface area contributed by atoms with Crippen molar-refractivity contribution in [2.75, 3.05) is 31.1 Å². The van der Waals surface area contributed by atoms with E-state index in [4.69, 9.17) is 4.74 Å². The summed E-state index contributed by atoms with van der Waals surface area (Å²) in [5, 5.41) is 0. The molecule has 0 aliphatic carbocycles. The molecule has 0 saturated heterocycles. The lowest BCUT2D eigenvalue weighted by molar-refractivity contribution is 0.0865. The molecule has 1 N–H and O–H groups in total. The summed E-state index contributed by atoms with van der Waals surface area (Å²) in [5.41, 5.74) is 0. The van der Waals surface area contributed by atoms with Crippen LogP contribution in [0, 0.1) is 0 Å². The second kappa shape index (κ2) is 9.80. The molecule has 0 radical (unpaired) electrons. The normalized spacial score (nSPS) is 15.8. The van der Waals surface area contributed by atoms with Gasteiger partial charge in [-0.25, -0.2) is 15.0 Å². The van der Waals surface area contributed by atoms with Gasteiger partial charge in [-0.15, -0.1) is 11.3 Å². The number of imidazole rings is 1. The Morgan fingerprint density at radius 2 is 2.12 bits per heavy atom. The number of halogens is 1. The van der Waals surface area contributed by atoms with Crippen LogP contribution < -0.4 is 4.72 Å². The van der Waals surface area contributed by atoms with Crippen molar-refractivity contribution >= 4 is 37.3 Å². The van der Waals surface area contributed by atoms with Gasteiger partial charge in [-0.2, -0.15) is 0 Å². The van der Waals surface area contributed by atoms with Crippen LogP contribution in [0.4, 0.5) is 0 Å². The van der Waals surface area contributed by atoms with Gasteiger partial charge >= 0.3 is 0 Å². The summed E-state index contributed by atoms with van der Waals surface area (Å²) >= 11 is 2.24. The molecule has 0 amide bonds. The summed E-state index contributed by atoms with van der Waals surface area (Å²) in [6, 6.07) is -0.180. The van der Waals surface area contributed by atoms with Crippen LogP contribution in [0.2, 0.25) is 0 Å². The third-order valence-corrected chi connectivity index (χ3v) is 6.75. The largest absolute Gasteiger partial charge is 0.598 e. The van der Waals surface area contributed by atoms with Gasteiger partial charge in [0, 0.05) is 23.3 Å². The number of hydrogen-bond acceptors (Lipinski definition) is 4. The first-order chi connectivity index (χ1) is 11.4. The van der Waals surface area contributed by atoms with E-state index in [-0.39, 0.29) is 10.8 Å². The third kappa shape index (κ3) is 8.49. The molecular formula is C17H32BrN3O2S2. The summed E-state index contributed by atoms with van der Waals surface area (Å²) in [5.74, 6) is 1.87. The van der Waals surface area contributed by atoms with E-state index in [0.29, 0.717) is 13.2 Å². The Labute approximate surface area is 165 Å². The third-order valence-electron chi connectivity index (χ3n) is 3.37. The van der Waals surface area contributed by atoms with Crippen LogP contribution in [0.15, 0.2) is 23.5 Å². The molecule has 0 aliphatic rings. The molecule has 1 rings (SSSR count). The lowest BCUT2D eigenvalue weighted by Gasteiger charge is -2.27. The van der Waals surface area contributed by atoms with Crippen molar-refractivity contribution in [1.29, 1.82) is 0 Å². The lowest BCUT2D eigenvalue weighted by atomic mass is 10.2. The Hall–Kier alpha value is 0.01000. The van der Waals surface area contributed by atoms with E-state index in [2.05, 4.69) is 51.0 Å². The number of hydrogen-bond donors (Lipinski definition) is 1. The Balaban J connectivity index is 2.83. The highest BCUT2D eigenvalue weighted by Gasteiger charge is 2.31. The molecule has 5 nitrogen and oxygen atoms in total.